The predicted octanol–water partition coefficient (Wildman–Crippen LogP) is 3.98. The van der Waals surface area contributed by atoms with E-state index in [0.29, 0.717) is 17.8 Å². The molecule has 2 aliphatic rings. The van der Waals surface area contributed by atoms with Crippen LogP contribution >= 0.6 is 15.9 Å². The van der Waals surface area contributed by atoms with Crippen molar-refractivity contribution in [2.75, 3.05) is 5.32 Å². The van der Waals surface area contributed by atoms with Crippen molar-refractivity contribution in [3.05, 3.63) is 63.3 Å². The minimum atomic E-state index is -0.446. The van der Waals surface area contributed by atoms with E-state index in [1.807, 2.05) is 33.2 Å². The second kappa shape index (κ2) is 7.75. The number of carbonyl (C=O) groups excluding carboxylic acids is 2. The Hall–Kier alpha value is -2.74. The Bertz CT molecular complexity index is 1130. The lowest BCUT2D eigenvalue weighted by Gasteiger charge is -2.41. The Balaban J connectivity index is 1.83. The number of halogens is 1. The Morgan fingerprint density at radius 3 is 2.65 bits per heavy atom. The van der Waals surface area contributed by atoms with Crippen molar-refractivity contribution in [3.8, 4) is 0 Å². The number of pyridine rings is 1. The fourth-order valence-corrected chi connectivity index (χ4v) is 4.90. The summed E-state index contributed by atoms with van der Waals surface area (Å²) < 4.78 is 2.56. The molecular weight excluding hydrogens is 458 g/mol. The standard InChI is InChI=1S/C23H26BrN5O2/c1-12-15(11-29(5)28-12)20-19(22(31)27-18-7-6-14(24)10-25-18)13(2)26-16-8-23(3,4)9-17(30)21(16)20/h6-8,10-11,20-21,26H,9H2,1-5H3,(H,25,27,31). The number of hydrogen-bond acceptors (Lipinski definition) is 5. The van der Waals surface area contributed by atoms with Gasteiger partial charge in [0.2, 0.25) is 0 Å². The number of fused-ring (bicyclic) bond motifs is 1. The van der Waals surface area contributed by atoms with E-state index < -0.39 is 11.8 Å². The minimum Gasteiger partial charge on any atom is -0.362 e. The second-order valence-electron chi connectivity index (χ2n) is 9.01. The summed E-state index contributed by atoms with van der Waals surface area (Å²) in [6.45, 7) is 7.91. The highest BCUT2D eigenvalue weighted by molar-refractivity contribution is 9.10. The SMILES string of the molecule is CC1=C(C(=O)Nc2ccc(Br)cn2)C(c2cn(C)nc2C)C2C(=O)CC(C)(C)C=C2N1. The number of aromatic nitrogens is 3. The van der Waals surface area contributed by atoms with Crippen molar-refractivity contribution in [1.29, 1.82) is 0 Å². The first-order chi connectivity index (χ1) is 14.6. The quantitative estimate of drug-likeness (QED) is 0.688. The Morgan fingerprint density at radius 1 is 1.29 bits per heavy atom. The molecule has 2 unspecified atom stereocenters. The minimum absolute atomic E-state index is 0.128. The lowest BCUT2D eigenvalue weighted by atomic mass is 9.66. The molecule has 8 heteroatoms. The van der Waals surface area contributed by atoms with Crippen LogP contribution in [0.25, 0.3) is 0 Å². The molecule has 2 N–H and O–H groups in total. The van der Waals surface area contributed by atoms with Crippen molar-refractivity contribution in [3.63, 3.8) is 0 Å². The van der Waals surface area contributed by atoms with Crippen LogP contribution in [0.15, 0.2) is 52.0 Å². The molecule has 4 rings (SSSR count). The summed E-state index contributed by atoms with van der Waals surface area (Å²) in [5.74, 6) is -0.557. The topological polar surface area (TPSA) is 88.9 Å². The van der Waals surface area contributed by atoms with Crippen LogP contribution in [0.3, 0.4) is 0 Å². The molecule has 1 aliphatic heterocycles. The molecule has 0 saturated heterocycles. The van der Waals surface area contributed by atoms with Gasteiger partial charge in [0.25, 0.3) is 5.91 Å². The van der Waals surface area contributed by atoms with Crippen molar-refractivity contribution in [2.45, 2.75) is 40.0 Å². The first-order valence-electron chi connectivity index (χ1n) is 10.2. The Kier molecular flexibility index (Phi) is 5.37. The van der Waals surface area contributed by atoms with E-state index in [-0.39, 0.29) is 17.1 Å². The maximum atomic E-state index is 13.5. The number of nitrogens with zero attached hydrogens (tertiary/aromatic N) is 3. The number of allylic oxidation sites excluding steroid dienone is 3. The van der Waals surface area contributed by atoms with Gasteiger partial charge < -0.3 is 10.6 Å². The zero-order valence-corrected chi connectivity index (χ0v) is 19.9. The summed E-state index contributed by atoms with van der Waals surface area (Å²) in [6.07, 6.45) is 6.10. The van der Waals surface area contributed by atoms with Gasteiger partial charge in [-0.3, -0.25) is 14.3 Å². The number of amides is 1. The number of carbonyl (C=O) groups is 2. The predicted molar refractivity (Wildman–Crippen MR) is 122 cm³/mol. The largest absolute Gasteiger partial charge is 0.362 e. The maximum absolute atomic E-state index is 13.5. The third-order valence-electron chi connectivity index (χ3n) is 5.84. The van der Waals surface area contributed by atoms with Gasteiger partial charge in [-0.15, -0.1) is 0 Å². The van der Waals surface area contributed by atoms with E-state index in [0.717, 1.165) is 27.1 Å². The second-order valence-corrected chi connectivity index (χ2v) is 9.93. The highest BCUT2D eigenvalue weighted by Crippen LogP contribution is 2.47. The van der Waals surface area contributed by atoms with E-state index in [2.05, 4.69) is 56.6 Å². The van der Waals surface area contributed by atoms with Gasteiger partial charge in [0.1, 0.15) is 11.6 Å². The smallest absolute Gasteiger partial charge is 0.255 e. The first-order valence-corrected chi connectivity index (χ1v) is 11.0. The molecule has 2 aromatic rings. The average molecular weight is 484 g/mol. The first kappa shape index (κ1) is 21.5. The van der Waals surface area contributed by atoms with Crippen LogP contribution in [-0.2, 0) is 16.6 Å². The summed E-state index contributed by atoms with van der Waals surface area (Å²) in [4.78, 5) is 31.0. The lowest BCUT2D eigenvalue weighted by Crippen LogP contribution is -2.44. The number of rotatable bonds is 3. The summed E-state index contributed by atoms with van der Waals surface area (Å²) in [7, 11) is 1.85. The molecule has 3 heterocycles. The molecule has 1 amide bonds. The maximum Gasteiger partial charge on any atom is 0.255 e. The van der Waals surface area contributed by atoms with Crippen LogP contribution < -0.4 is 10.6 Å². The molecule has 0 bridgehead atoms. The van der Waals surface area contributed by atoms with Crippen LogP contribution in [0.2, 0.25) is 0 Å². The van der Waals surface area contributed by atoms with Gasteiger partial charge in [-0.25, -0.2) is 4.98 Å². The van der Waals surface area contributed by atoms with Gasteiger partial charge in [-0.1, -0.05) is 19.9 Å². The van der Waals surface area contributed by atoms with E-state index in [4.69, 9.17) is 0 Å². The molecule has 31 heavy (non-hydrogen) atoms. The van der Waals surface area contributed by atoms with Crippen LogP contribution in [0.1, 0.15) is 44.4 Å². The van der Waals surface area contributed by atoms with Crippen molar-refractivity contribution in [1.82, 2.24) is 20.1 Å². The average Bonchev–Trinajstić information content (AvgIpc) is 2.99. The molecule has 2 aromatic heterocycles. The van der Waals surface area contributed by atoms with Gasteiger partial charge >= 0.3 is 0 Å². The highest BCUT2D eigenvalue weighted by atomic mass is 79.9. The summed E-state index contributed by atoms with van der Waals surface area (Å²) >= 11 is 3.35. The van der Waals surface area contributed by atoms with E-state index in [9.17, 15) is 9.59 Å². The van der Waals surface area contributed by atoms with Crippen LogP contribution in [0.4, 0.5) is 5.82 Å². The van der Waals surface area contributed by atoms with Gasteiger partial charge in [0.05, 0.1) is 11.6 Å². The van der Waals surface area contributed by atoms with Crippen LogP contribution in [0, 0.1) is 18.3 Å². The lowest BCUT2D eigenvalue weighted by molar-refractivity contribution is -0.124. The van der Waals surface area contributed by atoms with Gasteiger partial charge in [0.15, 0.2) is 0 Å². The number of nitrogens with one attached hydrogen (secondary N) is 2. The zero-order chi connectivity index (χ0) is 22.5. The summed E-state index contributed by atoms with van der Waals surface area (Å²) in [6, 6.07) is 3.55. The summed E-state index contributed by atoms with van der Waals surface area (Å²) in [5, 5.41) is 10.7. The monoisotopic (exact) mass is 483 g/mol. The fourth-order valence-electron chi connectivity index (χ4n) is 4.66. The number of aryl methyl sites for hydroxylation is 2. The van der Waals surface area contributed by atoms with Crippen molar-refractivity contribution < 1.29 is 9.59 Å². The Labute approximate surface area is 190 Å². The molecule has 7 nitrogen and oxygen atoms in total. The van der Waals surface area contributed by atoms with Crippen molar-refractivity contribution in [2.24, 2.45) is 18.4 Å². The van der Waals surface area contributed by atoms with E-state index >= 15 is 0 Å². The molecule has 2 atom stereocenters. The van der Waals surface area contributed by atoms with Crippen molar-refractivity contribution >= 4 is 33.4 Å². The molecular formula is C23H26BrN5O2. The van der Waals surface area contributed by atoms with E-state index in [1.54, 1.807) is 16.9 Å². The number of hydrogen-bond donors (Lipinski definition) is 2. The molecule has 0 aromatic carbocycles. The third kappa shape index (κ3) is 4.08. The highest BCUT2D eigenvalue weighted by Gasteiger charge is 2.46. The van der Waals surface area contributed by atoms with Gasteiger partial charge in [0, 0.05) is 58.8 Å². The molecule has 0 spiro atoms. The summed E-state index contributed by atoms with van der Waals surface area (Å²) in [5.41, 5.74) is 3.61. The zero-order valence-electron chi connectivity index (χ0n) is 18.3. The number of Topliss-reactive ketones (excluding diaryl/α,β-unsaturated/α-hetero) is 1. The number of ketones is 1. The fraction of sp³-hybridized carbons (Fsp3) is 0.391. The normalized spacial score (nSPS) is 22.5. The molecule has 162 valence electrons. The molecule has 0 saturated carbocycles. The van der Waals surface area contributed by atoms with Crippen LogP contribution in [-0.4, -0.2) is 26.5 Å². The third-order valence-corrected chi connectivity index (χ3v) is 6.31. The van der Waals surface area contributed by atoms with Gasteiger partial charge in [-0.2, -0.15) is 5.10 Å². The Morgan fingerprint density at radius 2 is 2.03 bits per heavy atom. The number of anilines is 1. The molecule has 1 aliphatic carbocycles. The van der Waals surface area contributed by atoms with Crippen LogP contribution in [0.5, 0.6) is 0 Å². The van der Waals surface area contributed by atoms with Gasteiger partial charge in [-0.05, 0) is 47.3 Å². The molecule has 0 fully saturated rings. The molecule has 0 radical (unpaired) electrons. The van der Waals surface area contributed by atoms with E-state index in [1.165, 1.54) is 0 Å².